The largest absolute Gasteiger partial charge is 0.478 e. The van der Waals surface area contributed by atoms with Crippen molar-refractivity contribution >= 4 is 28.9 Å². The summed E-state index contributed by atoms with van der Waals surface area (Å²) in [7, 11) is 0. The highest BCUT2D eigenvalue weighted by molar-refractivity contribution is 6.30. The van der Waals surface area contributed by atoms with Gasteiger partial charge in [0, 0.05) is 16.4 Å². The van der Waals surface area contributed by atoms with Gasteiger partial charge in [-0.15, -0.1) is 0 Å². The van der Waals surface area contributed by atoms with Crippen molar-refractivity contribution < 1.29 is 9.90 Å². The van der Waals surface area contributed by atoms with E-state index in [0.29, 0.717) is 5.02 Å². The fraction of sp³-hybridized carbons (Fsp3) is 0.0714. The first kappa shape index (κ1) is 12.5. The molecule has 3 nitrogen and oxygen atoms in total. The van der Waals surface area contributed by atoms with Crippen LogP contribution < -0.4 is 5.32 Å². The number of rotatable bonds is 3. The Labute approximate surface area is 110 Å². The van der Waals surface area contributed by atoms with Gasteiger partial charge in [0.1, 0.15) is 0 Å². The molecule has 0 bridgehead atoms. The molecule has 2 aromatic carbocycles. The van der Waals surface area contributed by atoms with Gasteiger partial charge in [-0.05, 0) is 42.8 Å². The van der Waals surface area contributed by atoms with Crippen molar-refractivity contribution in [1.29, 1.82) is 0 Å². The molecule has 0 radical (unpaired) electrons. The number of carboxylic acid groups (broad SMARTS) is 1. The minimum atomic E-state index is -0.941. The van der Waals surface area contributed by atoms with Crippen molar-refractivity contribution in [3.8, 4) is 0 Å². The highest BCUT2D eigenvalue weighted by atomic mass is 35.5. The van der Waals surface area contributed by atoms with E-state index in [1.165, 1.54) is 0 Å². The molecule has 0 fully saturated rings. The van der Waals surface area contributed by atoms with E-state index < -0.39 is 5.97 Å². The third kappa shape index (κ3) is 2.81. The van der Waals surface area contributed by atoms with Gasteiger partial charge in [-0.25, -0.2) is 4.79 Å². The molecule has 18 heavy (non-hydrogen) atoms. The average Bonchev–Trinajstić information content (AvgIpc) is 2.31. The van der Waals surface area contributed by atoms with Crippen LogP contribution in [0.15, 0.2) is 42.5 Å². The summed E-state index contributed by atoms with van der Waals surface area (Å²) in [6, 6.07) is 12.2. The maximum atomic E-state index is 10.9. The molecule has 0 spiro atoms. The summed E-state index contributed by atoms with van der Waals surface area (Å²) in [5.74, 6) is -0.941. The zero-order valence-corrected chi connectivity index (χ0v) is 10.5. The Bertz CT molecular complexity index is 596. The van der Waals surface area contributed by atoms with Crippen LogP contribution in [0.1, 0.15) is 15.9 Å². The third-order valence-electron chi connectivity index (χ3n) is 2.59. The van der Waals surface area contributed by atoms with E-state index in [0.717, 1.165) is 16.9 Å². The topological polar surface area (TPSA) is 49.3 Å². The molecular formula is C14H12ClNO2. The van der Waals surface area contributed by atoms with Crippen LogP contribution in [0.25, 0.3) is 0 Å². The van der Waals surface area contributed by atoms with E-state index in [-0.39, 0.29) is 5.56 Å². The number of hydrogen-bond donors (Lipinski definition) is 2. The minimum Gasteiger partial charge on any atom is -0.478 e. The van der Waals surface area contributed by atoms with E-state index in [9.17, 15) is 4.79 Å². The lowest BCUT2D eigenvalue weighted by Crippen LogP contribution is -1.99. The van der Waals surface area contributed by atoms with E-state index in [1.54, 1.807) is 30.3 Å². The molecule has 2 rings (SSSR count). The Balaban J connectivity index is 2.33. The van der Waals surface area contributed by atoms with Crippen molar-refractivity contribution in [2.45, 2.75) is 6.92 Å². The van der Waals surface area contributed by atoms with Crippen molar-refractivity contribution in [1.82, 2.24) is 0 Å². The van der Waals surface area contributed by atoms with E-state index >= 15 is 0 Å². The second-order valence-corrected chi connectivity index (χ2v) is 4.41. The molecule has 0 amide bonds. The number of benzene rings is 2. The van der Waals surface area contributed by atoms with Crippen LogP contribution in [0, 0.1) is 6.92 Å². The minimum absolute atomic E-state index is 0.255. The first-order valence-electron chi connectivity index (χ1n) is 5.43. The summed E-state index contributed by atoms with van der Waals surface area (Å²) >= 11 is 5.90. The van der Waals surface area contributed by atoms with Crippen LogP contribution in [0.5, 0.6) is 0 Å². The number of aryl methyl sites for hydroxylation is 1. The number of aromatic carboxylic acids is 1. The van der Waals surface area contributed by atoms with Gasteiger partial charge in [-0.2, -0.15) is 0 Å². The SMILES string of the molecule is Cc1ccc(C(=O)O)cc1Nc1cccc(Cl)c1. The maximum Gasteiger partial charge on any atom is 0.335 e. The molecule has 0 unspecified atom stereocenters. The van der Waals surface area contributed by atoms with Gasteiger partial charge in [0.2, 0.25) is 0 Å². The van der Waals surface area contributed by atoms with Gasteiger partial charge in [-0.3, -0.25) is 0 Å². The van der Waals surface area contributed by atoms with Gasteiger partial charge < -0.3 is 10.4 Å². The molecule has 0 saturated heterocycles. The number of halogens is 1. The summed E-state index contributed by atoms with van der Waals surface area (Å²) in [6.45, 7) is 1.92. The monoisotopic (exact) mass is 261 g/mol. The van der Waals surface area contributed by atoms with Crippen molar-refractivity contribution in [2.24, 2.45) is 0 Å². The lowest BCUT2D eigenvalue weighted by molar-refractivity contribution is 0.0697. The lowest BCUT2D eigenvalue weighted by atomic mass is 10.1. The Morgan fingerprint density at radius 1 is 1.22 bits per heavy atom. The standard InChI is InChI=1S/C14H12ClNO2/c1-9-5-6-10(14(17)18)7-13(9)16-12-4-2-3-11(15)8-12/h2-8,16H,1H3,(H,17,18). The van der Waals surface area contributed by atoms with Crippen LogP contribution in [0.3, 0.4) is 0 Å². The summed E-state index contributed by atoms with van der Waals surface area (Å²) < 4.78 is 0. The van der Waals surface area contributed by atoms with Crippen LogP contribution in [0.2, 0.25) is 5.02 Å². The van der Waals surface area contributed by atoms with Crippen LogP contribution in [-0.2, 0) is 0 Å². The molecule has 0 aliphatic carbocycles. The van der Waals surface area contributed by atoms with Crippen molar-refractivity contribution in [3.05, 3.63) is 58.6 Å². The second kappa shape index (κ2) is 5.10. The number of carboxylic acids is 1. The molecule has 0 aliphatic heterocycles. The van der Waals surface area contributed by atoms with Gasteiger partial charge in [0.25, 0.3) is 0 Å². The number of hydrogen-bond acceptors (Lipinski definition) is 2. The van der Waals surface area contributed by atoms with Crippen LogP contribution in [0.4, 0.5) is 11.4 Å². The zero-order chi connectivity index (χ0) is 13.1. The summed E-state index contributed by atoms with van der Waals surface area (Å²) in [4.78, 5) is 10.9. The smallest absolute Gasteiger partial charge is 0.335 e. The molecule has 0 heterocycles. The maximum absolute atomic E-state index is 10.9. The molecule has 2 N–H and O–H groups in total. The third-order valence-corrected chi connectivity index (χ3v) is 2.82. The normalized spacial score (nSPS) is 10.1. The number of nitrogens with one attached hydrogen (secondary N) is 1. The van der Waals surface area contributed by atoms with E-state index in [2.05, 4.69) is 5.32 Å². The van der Waals surface area contributed by atoms with E-state index in [4.69, 9.17) is 16.7 Å². The van der Waals surface area contributed by atoms with Crippen molar-refractivity contribution in [2.75, 3.05) is 5.32 Å². The molecule has 92 valence electrons. The first-order chi connectivity index (χ1) is 8.56. The molecular weight excluding hydrogens is 250 g/mol. The fourth-order valence-corrected chi connectivity index (χ4v) is 1.80. The van der Waals surface area contributed by atoms with Crippen LogP contribution in [-0.4, -0.2) is 11.1 Å². The second-order valence-electron chi connectivity index (χ2n) is 3.97. The summed E-state index contributed by atoms with van der Waals surface area (Å²) in [5.41, 5.74) is 2.82. The highest BCUT2D eigenvalue weighted by Gasteiger charge is 2.06. The Morgan fingerprint density at radius 3 is 2.67 bits per heavy atom. The van der Waals surface area contributed by atoms with Crippen molar-refractivity contribution in [3.63, 3.8) is 0 Å². The lowest BCUT2D eigenvalue weighted by Gasteiger charge is -2.10. The first-order valence-corrected chi connectivity index (χ1v) is 5.80. The molecule has 0 aromatic heterocycles. The average molecular weight is 262 g/mol. The molecule has 4 heteroatoms. The predicted molar refractivity (Wildman–Crippen MR) is 72.9 cm³/mol. The van der Waals surface area contributed by atoms with Gasteiger partial charge in [0.15, 0.2) is 0 Å². The van der Waals surface area contributed by atoms with Gasteiger partial charge >= 0.3 is 5.97 Å². The Morgan fingerprint density at radius 2 is 2.00 bits per heavy atom. The number of anilines is 2. The summed E-state index contributed by atoms with van der Waals surface area (Å²) in [5, 5.41) is 12.8. The molecule has 2 aromatic rings. The molecule has 0 saturated carbocycles. The molecule has 0 atom stereocenters. The van der Waals surface area contributed by atoms with Gasteiger partial charge in [0.05, 0.1) is 5.56 Å². The predicted octanol–water partition coefficient (Wildman–Crippen LogP) is 4.09. The number of carbonyl (C=O) groups is 1. The Hall–Kier alpha value is -2.00. The van der Waals surface area contributed by atoms with Crippen LogP contribution >= 0.6 is 11.6 Å². The Kier molecular flexibility index (Phi) is 3.53. The van der Waals surface area contributed by atoms with E-state index in [1.807, 2.05) is 19.1 Å². The fourth-order valence-electron chi connectivity index (χ4n) is 1.61. The zero-order valence-electron chi connectivity index (χ0n) is 9.77. The van der Waals surface area contributed by atoms with Gasteiger partial charge in [-0.1, -0.05) is 23.7 Å². The quantitative estimate of drug-likeness (QED) is 0.875. The highest BCUT2D eigenvalue weighted by Crippen LogP contribution is 2.23. The molecule has 0 aliphatic rings. The summed E-state index contributed by atoms with van der Waals surface area (Å²) in [6.07, 6.45) is 0.